The summed E-state index contributed by atoms with van der Waals surface area (Å²) < 4.78 is 5.48. The topological polar surface area (TPSA) is 95.1 Å². The number of nitrogens with two attached hydrogens (primary N) is 1. The van der Waals surface area contributed by atoms with Crippen LogP contribution in [0.2, 0.25) is 0 Å². The zero-order valence-electron chi connectivity index (χ0n) is 20.4. The third kappa shape index (κ3) is 5.89. The highest BCUT2D eigenvalue weighted by molar-refractivity contribution is 5.85. The van der Waals surface area contributed by atoms with E-state index in [2.05, 4.69) is 71.8 Å². The average molecular weight is 452 g/mol. The smallest absolute Gasteiger partial charge is 0.226 e. The highest BCUT2D eigenvalue weighted by Crippen LogP contribution is 2.39. The Balaban J connectivity index is 0.00000149. The number of aromatic nitrogens is 2. The second-order valence-corrected chi connectivity index (χ2v) is 8.42. The normalized spacial score (nSPS) is 17.2. The highest BCUT2D eigenvalue weighted by Gasteiger charge is 2.29. The van der Waals surface area contributed by atoms with E-state index in [1.807, 2.05) is 6.08 Å². The van der Waals surface area contributed by atoms with Crippen LogP contribution in [0.1, 0.15) is 29.8 Å². The van der Waals surface area contributed by atoms with Gasteiger partial charge in [-0.05, 0) is 75.2 Å². The van der Waals surface area contributed by atoms with E-state index >= 15 is 0 Å². The number of H-pyrrole nitrogens is 1. The number of fused-ring (bicyclic) bond motifs is 1. The summed E-state index contributed by atoms with van der Waals surface area (Å²) in [4.78, 5) is 21.8. The van der Waals surface area contributed by atoms with Gasteiger partial charge >= 0.3 is 0 Å². The number of hydrogen-bond acceptors (Lipinski definition) is 5. The standard InChI is InChI=1S/C24H32N6O.CH5N/c1-6-19(18-7-8-18)23(28-24(25-4)30-9-11-31-12-10-30)29(5)15-22-26-20-13-16(2)17(3)14-21(20)27-22;1-2/h6,13-14,18H,1,4,7-12,15H2,2-3,5H3,(H,26,27);2H2,1H3/b23-19+,28-24+;. The van der Waals surface area contributed by atoms with Crippen LogP contribution in [0, 0.1) is 19.8 Å². The van der Waals surface area contributed by atoms with Crippen LogP contribution < -0.4 is 5.73 Å². The fraction of sp³-hybridized carbons (Fsp3) is 0.480. The van der Waals surface area contributed by atoms with Crippen LogP contribution in [-0.4, -0.2) is 72.8 Å². The molecule has 1 aliphatic heterocycles. The van der Waals surface area contributed by atoms with Crippen molar-refractivity contribution in [2.45, 2.75) is 33.2 Å². The number of rotatable bonds is 6. The minimum Gasteiger partial charge on any atom is -0.378 e. The predicted octanol–water partition coefficient (Wildman–Crippen LogP) is 3.38. The zero-order chi connectivity index (χ0) is 24.0. The number of imidazole rings is 1. The molecule has 1 aromatic carbocycles. The number of nitrogens with zero attached hydrogens (tertiary/aromatic N) is 5. The van der Waals surface area contributed by atoms with Gasteiger partial charge in [-0.15, -0.1) is 0 Å². The average Bonchev–Trinajstić information content (AvgIpc) is 3.60. The Morgan fingerprint density at radius 1 is 1.27 bits per heavy atom. The van der Waals surface area contributed by atoms with E-state index in [9.17, 15) is 0 Å². The molecule has 8 nitrogen and oxygen atoms in total. The number of morpholine rings is 1. The predicted molar refractivity (Wildman–Crippen MR) is 136 cm³/mol. The molecule has 2 aliphatic rings. The molecule has 2 heterocycles. The SMILES string of the molecule is C=C/C(=C(/N=C(\N=C)N1CCOCC1)N(C)Cc1nc2cc(C)c(C)cc2[nH]1)C1CC1.CN. The van der Waals surface area contributed by atoms with Gasteiger partial charge in [0.25, 0.3) is 0 Å². The minimum absolute atomic E-state index is 0.510. The molecule has 0 radical (unpaired) electrons. The van der Waals surface area contributed by atoms with Gasteiger partial charge < -0.3 is 25.3 Å². The number of aliphatic imine (C=N–C) groups is 2. The first kappa shape index (κ1) is 24.7. The molecule has 1 aliphatic carbocycles. The molecule has 4 rings (SSSR count). The first-order chi connectivity index (χ1) is 16.0. The van der Waals surface area contributed by atoms with E-state index in [4.69, 9.17) is 14.7 Å². The van der Waals surface area contributed by atoms with Gasteiger partial charge in [0.05, 0.1) is 30.8 Å². The van der Waals surface area contributed by atoms with Crippen molar-refractivity contribution in [1.82, 2.24) is 19.8 Å². The molecule has 1 saturated heterocycles. The number of hydrogen-bond donors (Lipinski definition) is 2. The lowest BCUT2D eigenvalue weighted by Crippen LogP contribution is -2.40. The highest BCUT2D eigenvalue weighted by atomic mass is 16.5. The monoisotopic (exact) mass is 451 g/mol. The Labute approximate surface area is 196 Å². The maximum Gasteiger partial charge on any atom is 0.226 e. The lowest BCUT2D eigenvalue weighted by atomic mass is 10.1. The molecule has 33 heavy (non-hydrogen) atoms. The number of nitrogens with one attached hydrogen (secondary N) is 1. The van der Waals surface area contributed by atoms with Gasteiger partial charge in [-0.1, -0.05) is 12.7 Å². The molecule has 0 amide bonds. The van der Waals surface area contributed by atoms with Crippen LogP contribution in [0.15, 0.2) is 46.2 Å². The molecule has 0 bridgehead atoms. The summed E-state index contributed by atoms with van der Waals surface area (Å²) in [6.07, 6.45) is 4.29. The van der Waals surface area contributed by atoms with Gasteiger partial charge in [-0.2, -0.15) is 4.99 Å². The second kappa shape index (κ2) is 11.2. The van der Waals surface area contributed by atoms with E-state index in [0.29, 0.717) is 31.6 Å². The van der Waals surface area contributed by atoms with Crippen LogP contribution in [-0.2, 0) is 11.3 Å². The Morgan fingerprint density at radius 3 is 2.55 bits per heavy atom. The van der Waals surface area contributed by atoms with Crippen molar-refractivity contribution in [1.29, 1.82) is 0 Å². The molecule has 0 atom stereocenters. The van der Waals surface area contributed by atoms with E-state index in [-0.39, 0.29) is 0 Å². The minimum atomic E-state index is 0.510. The molecular formula is C25H37N7O. The summed E-state index contributed by atoms with van der Waals surface area (Å²) in [5, 5.41) is 0. The largest absolute Gasteiger partial charge is 0.378 e. The summed E-state index contributed by atoms with van der Waals surface area (Å²) in [6, 6.07) is 4.30. The molecule has 0 spiro atoms. The Kier molecular flexibility index (Phi) is 8.41. The van der Waals surface area contributed by atoms with Crippen molar-refractivity contribution in [3.63, 3.8) is 0 Å². The Hall–Kier alpha value is -2.97. The second-order valence-electron chi connectivity index (χ2n) is 8.42. The maximum absolute atomic E-state index is 5.48. The molecule has 1 saturated carbocycles. The number of ether oxygens (including phenoxy) is 1. The quantitative estimate of drug-likeness (QED) is 0.399. The van der Waals surface area contributed by atoms with Gasteiger partial charge in [0.1, 0.15) is 11.6 Å². The number of aromatic amines is 1. The first-order valence-electron chi connectivity index (χ1n) is 11.5. The summed E-state index contributed by atoms with van der Waals surface area (Å²) in [5.41, 5.74) is 10.2. The van der Waals surface area contributed by atoms with Crippen LogP contribution in [0.25, 0.3) is 11.0 Å². The molecule has 2 fully saturated rings. The number of guanidine groups is 1. The van der Waals surface area contributed by atoms with Crippen molar-refractivity contribution in [3.05, 3.63) is 53.1 Å². The fourth-order valence-electron chi connectivity index (χ4n) is 3.97. The third-order valence-electron chi connectivity index (χ3n) is 6.03. The summed E-state index contributed by atoms with van der Waals surface area (Å²) in [6.45, 7) is 15.6. The summed E-state index contributed by atoms with van der Waals surface area (Å²) >= 11 is 0. The van der Waals surface area contributed by atoms with Crippen LogP contribution >= 0.6 is 0 Å². The summed E-state index contributed by atoms with van der Waals surface area (Å²) in [7, 11) is 3.55. The Bertz CT molecular complexity index is 1000. The fourth-order valence-corrected chi connectivity index (χ4v) is 3.97. The van der Waals surface area contributed by atoms with Gasteiger partial charge in [-0.25, -0.2) is 9.98 Å². The van der Waals surface area contributed by atoms with E-state index in [1.165, 1.54) is 36.6 Å². The number of allylic oxidation sites excluding steroid dienone is 2. The lowest BCUT2D eigenvalue weighted by molar-refractivity contribution is 0.0675. The Morgan fingerprint density at radius 2 is 1.94 bits per heavy atom. The maximum atomic E-state index is 5.48. The molecule has 2 aromatic rings. The van der Waals surface area contributed by atoms with Gasteiger partial charge in [0, 0.05) is 20.1 Å². The van der Waals surface area contributed by atoms with E-state index in [1.54, 1.807) is 0 Å². The van der Waals surface area contributed by atoms with Crippen molar-refractivity contribution >= 4 is 23.7 Å². The zero-order valence-corrected chi connectivity index (χ0v) is 20.4. The third-order valence-corrected chi connectivity index (χ3v) is 6.03. The molecule has 0 unspecified atom stereocenters. The van der Waals surface area contributed by atoms with Crippen molar-refractivity contribution in [2.75, 3.05) is 40.4 Å². The number of aryl methyl sites for hydroxylation is 2. The number of benzene rings is 1. The van der Waals surface area contributed by atoms with Crippen LogP contribution in [0.3, 0.4) is 0 Å². The molecule has 1 aromatic heterocycles. The van der Waals surface area contributed by atoms with Crippen molar-refractivity contribution < 1.29 is 4.74 Å². The molecule has 3 N–H and O–H groups in total. The first-order valence-corrected chi connectivity index (χ1v) is 11.5. The van der Waals surface area contributed by atoms with Crippen molar-refractivity contribution in [3.8, 4) is 0 Å². The van der Waals surface area contributed by atoms with Gasteiger partial charge in [0.2, 0.25) is 5.96 Å². The van der Waals surface area contributed by atoms with Crippen LogP contribution in [0.4, 0.5) is 0 Å². The van der Waals surface area contributed by atoms with Gasteiger partial charge in [-0.3, -0.25) is 0 Å². The lowest BCUT2D eigenvalue weighted by Gasteiger charge is -2.29. The summed E-state index contributed by atoms with van der Waals surface area (Å²) in [5.74, 6) is 2.95. The van der Waals surface area contributed by atoms with Gasteiger partial charge in [0.15, 0.2) is 0 Å². The van der Waals surface area contributed by atoms with Crippen LogP contribution in [0.5, 0.6) is 0 Å². The molecular weight excluding hydrogens is 414 g/mol. The van der Waals surface area contributed by atoms with E-state index in [0.717, 1.165) is 35.8 Å². The molecule has 178 valence electrons. The molecule has 8 heteroatoms. The van der Waals surface area contributed by atoms with E-state index < -0.39 is 0 Å². The van der Waals surface area contributed by atoms with Crippen molar-refractivity contribution in [2.24, 2.45) is 21.6 Å².